The summed E-state index contributed by atoms with van der Waals surface area (Å²) in [6, 6.07) is 6.38. The van der Waals surface area contributed by atoms with E-state index in [1.165, 1.54) is 6.07 Å². The Morgan fingerprint density at radius 1 is 1.45 bits per heavy atom. The minimum absolute atomic E-state index is 0.000880. The Morgan fingerprint density at radius 3 is 2.64 bits per heavy atom. The number of aromatic hydroxyl groups is 1. The highest BCUT2D eigenvalue weighted by molar-refractivity contribution is 8.75. The lowest BCUT2D eigenvalue weighted by Gasteiger charge is -1.97. The summed E-state index contributed by atoms with van der Waals surface area (Å²) >= 11 is 3.73. The van der Waals surface area contributed by atoms with Crippen molar-refractivity contribution in [1.82, 2.24) is 0 Å². The molecule has 0 aliphatic rings. The molecule has 0 fully saturated rings. The highest BCUT2D eigenvalue weighted by Gasteiger charge is 2.07. The van der Waals surface area contributed by atoms with Crippen LogP contribution in [0.25, 0.3) is 0 Å². The van der Waals surface area contributed by atoms with Crippen molar-refractivity contribution in [3.63, 3.8) is 0 Å². The van der Waals surface area contributed by atoms with Crippen molar-refractivity contribution in [2.24, 2.45) is 0 Å². The zero-order valence-corrected chi connectivity index (χ0v) is 7.23. The molecule has 2 nitrogen and oxygen atoms in total. The lowest BCUT2D eigenvalue weighted by Crippen LogP contribution is -1.89. The van der Waals surface area contributed by atoms with Gasteiger partial charge in [0.25, 0.3) is 0 Å². The van der Waals surface area contributed by atoms with Gasteiger partial charge in [0.1, 0.15) is 5.75 Å². The molecule has 0 heterocycles. The molecule has 4 heteroatoms. The largest absolute Gasteiger partial charge is 0.507 e. The number of benzene rings is 1. The number of carbonyl (C=O) groups excluding carboxylic acids is 1. The Bertz CT molecular complexity index is 273. The monoisotopic (exact) mass is 186 g/mol. The minimum atomic E-state index is -0.244. The van der Waals surface area contributed by atoms with E-state index in [9.17, 15) is 4.79 Å². The standard InChI is InChI=1S/C7H6O2S2/c8-6-4-2-1-3-5(6)7(9)11-10/h1-4,8,10H. The molecule has 0 saturated heterocycles. The average Bonchev–Trinajstić information content (AvgIpc) is 2.04. The third-order valence-corrected chi connectivity index (χ3v) is 2.09. The molecule has 11 heavy (non-hydrogen) atoms. The first-order valence-corrected chi connectivity index (χ1v) is 4.76. The molecule has 0 bridgehead atoms. The number of hydrogen-bond donors (Lipinski definition) is 2. The van der Waals surface area contributed by atoms with Gasteiger partial charge in [-0.1, -0.05) is 12.1 Å². The summed E-state index contributed by atoms with van der Waals surface area (Å²) in [6.07, 6.45) is 0. The smallest absolute Gasteiger partial charge is 0.233 e. The number of para-hydroxylation sites is 1. The van der Waals surface area contributed by atoms with E-state index in [2.05, 4.69) is 11.7 Å². The quantitative estimate of drug-likeness (QED) is 0.521. The number of phenols is 1. The van der Waals surface area contributed by atoms with E-state index < -0.39 is 0 Å². The van der Waals surface area contributed by atoms with Crippen molar-refractivity contribution in [1.29, 1.82) is 0 Å². The fourth-order valence-electron chi connectivity index (χ4n) is 0.695. The van der Waals surface area contributed by atoms with Crippen LogP contribution in [0.2, 0.25) is 0 Å². The fraction of sp³-hybridized carbons (Fsp3) is 0. The van der Waals surface area contributed by atoms with Crippen molar-refractivity contribution < 1.29 is 9.90 Å². The molecule has 0 radical (unpaired) electrons. The third-order valence-electron chi connectivity index (χ3n) is 1.21. The van der Waals surface area contributed by atoms with Gasteiger partial charge in [-0.2, -0.15) is 0 Å². The van der Waals surface area contributed by atoms with Gasteiger partial charge in [0.05, 0.1) is 5.56 Å². The molecule has 0 aliphatic carbocycles. The maximum atomic E-state index is 11.0. The fourth-order valence-corrected chi connectivity index (χ4v) is 1.26. The minimum Gasteiger partial charge on any atom is -0.507 e. The van der Waals surface area contributed by atoms with Crippen molar-refractivity contribution in [3.05, 3.63) is 29.8 Å². The zero-order valence-electron chi connectivity index (χ0n) is 5.52. The van der Waals surface area contributed by atoms with Gasteiger partial charge in [-0.05, 0) is 22.9 Å². The first-order valence-electron chi connectivity index (χ1n) is 2.89. The molecular weight excluding hydrogens is 180 g/mol. The summed E-state index contributed by atoms with van der Waals surface area (Å²) < 4.78 is 0. The molecule has 1 aromatic carbocycles. The van der Waals surface area contributed by atoms with Crippen LogP contribution in [0.3, 0.4) is 0 Å². The Balaban J connectivity index is 3.03. The second kappa shape index (κ2) is 3.69. The highest BCUT2D eigenvalue weighted by Crippen LogP contribution is 2.22. The van der Waals surface area contributed by atoms with Crippen LogP contribution < -0.4 is 0 Å². The van der Waals surface area contributed by atoms with Gasteiger partial charge in [-0.15, -0.1) is 11.7 Å². The summed E-state index contributed by atoms with van der Waals surface area (Å²) in [5.74, 6) is -0.000880. The van der Waals surface area contributed by atoms with E-state index >= 15 is 0 Å². The van der Waals surface area contributed by atoms with Crippen LogP contribution in [0.5, 0.6) is 5.75 Å². The maximum absolute atomic E-state index is 11.0. The number of rotatable bonds is 1. The molecule has 1 aromatic rings. The Labute approximate surface area is 73.4 Å². The van der Waals surface area contributed by atoms with Crippen LogP contribution in [-0.4, -0.2) is 10.2 Å². The summed E-state index contributed by atoms with van der Waals surface area (Å²) in [7, 11) is 0.788. The van der Waals surface area contributed by atoms with Gasteiger partial charge in [0.15, 0.2) is 0 Å². The van der Waals surface area contributed by atoms with Gasteiger partial charge in [-0.3, -0.25) is 4.79 Å². The van der Waals surface area contributed by atoms with Crippen LogP contribution in [-0.2, 0) is 0 Å². The second-order valence-electron chi connectivity index (χ2n) is 1.90. The van der Waals surface area contributed by atoms with E-state index in [1.54, 1.807) is 18.2 Å². The lowest BCUT2D eigenvalue weighted by atomic mass is 10.2. The summed E-state index contributed by atoms with van der Waals surface area (Å²) in [6.45, 7) is 0. The van der Waals surface area contributed by atoms with Crippen LogP contribution in [0.4, 0.5) is 0 Å². The van der Waals surface area contributed by atoms with Crippen LogP contribution in [0.15, 0.2) is 24.3 Å². The Morgan fingerprint density at radius 2 is 2.09 bits per heavy atom. The molecule has 1 rings (SSSR count). The van der Waals surface area contributed by atoms with Gasteiger partial charge in [0, 0.05) is 0 Å². The molecule has 0 aromatic heterocycles. The molecule has 58 valence electrons. The van der Waals surface area contributed by atoms with Crippen molar-refractivity contribution in [3.8, 4) is 5.75 Å². The summed E-state index contributed by atoms with van der Waals surface area (Å²) in [5.41, 5.74) is 0.299. The average molecular weight is 186 g/mol. The van der Waals surface area contributed by atoms with Crippen molar-refractivity contribution in [2.75, 3.05) is 0 Å². The Kier molecular flexibility index (Phi) is 2.84. The molecule has 0 saturated carbocycles. The van der Waals surface area contributed by atoms with Crippen LogP contribution in [0, 0.1) is 0 Å². The molecule has 0 unspecified atom stereocenters. The molecule has 0 spiro atoms. The van der Waals surface area contributed by atoms with Gasteiger partial charge >= 0.3 is 0 Å². The van der Waals surface area contributed by atoms with Crippen molar-refractivity contribution in [2.45, 2.75) is 0 Å². The van der Waals surface area contributed by atoms with E-state index in [1.807, 2.05) is 0 Å². The predicted molar refractivity (Wildman–Crippen MR) is 49.0 cm³/mol. The number of thiol groups is 1. The van der Waals surface area contributed by atoms with Crippen molar-refractivity contribution >= 4 is 27.6 Å². The normalized spacial score (nSPS) is 9.55. The summed E-state index contributed by atoms with van der Waals surface area (Å²) in [4.78, 5) is 11.0. The first-order chi connectivity index (χ1) is 5.25. The van der Waals surface area contributed by atoms with Gasteiger partial charge in [0.2, 0.25) is 5.12 Å². The second-order valence-corrected chi connectivity index (χ2v) is 3.00. The number of phenolic OH excluding ortho intramolecular Hbond substituents is 1. The van der Waals surface area contributed by atoms with E-state index in [0.29, 0.717) is 5.56 Å². The lowest BCUT2D eigenvalue weighted by molar-refractivity contribution is 0.108. The van der Waals surface area contributed by atoms with E-state index in [0.717, 1.165) is 10.8 Å². The molecule has 0 amide bonds. The highest BCUT2D eigenvalue weighted by atomic mass is 33.1. The zero-order chi connectivity index (χ0) is 8.27. The topological polar surface area (TPSA) is 37.3 Å². The van der Waals surface area contributed by atoms with E-state index in [-0.39, 0.29) is 10.9 Å². The van der Waals surface area contributed by atoms with Gasteiger partial charge < -0.3 is 5.11 Å². The van der Waals surface area contributed by atoms with Gasteiger partial charge in [-0.25, -0.2) is 0 Å². The Hall–Kier alpha value is -0.610. The number of carbonyl (C=O) groups is 1. The molecule has 0 aliphatic heterocycles. The van der Waals surface area contributed by atoms with Crippen LogP contribution >= 0.6 is 22.5 Å². The SMILES string of the molecule is O=C(SS)c1ccccc1O. The molecule has 1 N–H and O–H groups in total. The molecule has 0 atom stereocenters. The maximum Gasteiger partial charge on any atom is 0.233 e. The summed E-state index contributed by atoms with van der Waals surface area (Å²) in [5, 5.41) is 8.90. The van der Waals surface area contributed by atoms with E-state index in [4.69, 9.17) is 5.11 Å². The number of hydrogen-bond acceptors (Lipinski definition) is 4. The predicted octanol–water partition coefficient (Wildman–Crippen LogP) is 2.11. The molecular formula is C7H6O2S2. The first kappa shape index (κ1) is 8.49. The van der Waals surface area contributed by atoms with Crippen LogP contribution in [0.1, 0.15) is 10.4 Å². The third kappa shape index (κ3) is 1.91.